The van der Waals surface area contributed by atoms with Crippen LogP contribution in [0, 0.1) is 0 Å². The van der Waals surface area contributed by atoms with Crippen LogP contribution in [0.25, 0.3) is 0 Å². The van der Waals surface area contributed by atoms with Gasteiger partial charge in [-0.05, 0) is 19.3 Å². The first-order valence-corrected chi connectivity index (χ1v) is 7.09. The highest BCUT2D eigenvalue weighted by molar-refractivity contribution is 7.90. The Bertz CT molecular complexity index is 296. The third-order valence-electron chi connectivity index (χ3n) is 2.15. The lowest BCUT2D eigenvalue weighted by atomic mass is 10.2. The highest BCUT2D eigenvalue weighted by Crippen LogP contribution is 2.03. The first-order valence-electron chi connectivity index (χ1n) is 5.03. The van der Waals surface area contributed by atoms with E-state index in [1.165, 1.54) is 19.1 Å². The zero-order chi connectivity index (χ0) is 10.4. The molecule has 0 saturated carbocycles. The largest absolute Gasteiger partial charge is 0.374 e. The van der Waals surface area contributed by atoms with Gasteiger partial charge in [0.15, 0.2) is 0 Å². The van der Waals surface area contributed by atoms with E-state index in [1.54, 1.807) is 0 Å². The highest BCUT2D eigenvalue weighted by atomic mass is 32.2. The van der Waals surface area contributed by atoms with E-state index in [4.69, 9.17) is 0 Å². The minimum atomic E-state index is -2.81. The molecule has 14 heavy (non-hydrogen) atoms. The van der Waals surface area contributed by atoms with Gasteiger partial charge in [-0.15, -0.1) is 0 Å². The zero-order valence-electron chi connectivity index (χ0n) is 8.62. The molecule has 0 saturated heterocycles. The molecule has 0 bridgehead atoms. The molecule has 0 aliphatic carbocycles. The minimum Gasteiger partial charge on any atom is -0.374 e. The van der Waals surface area contributed by atoms with Gasteiger partial charge in [0, 0.05) is 25.8 Å². The van der Waals surface area contributed by atoms with Crippen molar-refractivity contribution in [3.05, 3.63) is 0 Å². The van der Waals surface area contributed by atoms with Gasteiger partial charge in [-0.25, -0.2) is 8.42 Å². The molecule has 1 aliphatic rings. The summed E-state index contributed by atoms with van der Waals surface area (Å²) in [6.07, 6.45) is 5.31. The van der Waals surface area contributed by atoms with Gasteiger partial charge >= 0.3 is 0 Å². The number of aliphatic imine (C=N–C) groups is 1. The molecule has 0 aromatic rings. The molecule has 0 aromatic carbocycles. The molecule has 82 valence electrons. The normalized spacial score (nSPS) is 17.6. The van der Waals surface area contributed by atoms with Crippen molar-refractivity contribution in [3.63, 3.8) is 0 Å². The highest BCUT2D eigenvalue weighted by Gasteiger charge is 2.05. The van der Waals surface area contributed by atoms with Crippen LogP contribution in [0.15, 0.2) is 4.99 Å². The van der Waals surface area contributed by atoms with E-state index in [1.807, 2.05) is 0 Å². The number of hydrogen-bond acceptors (Lipinski definition) is 4. The van der Waals surface area contributed by atoms with Crippen LogP contribution in [0.4, 0.5) is 0 Å². The summed E-state index contributed by atoms with van der Waals surface area (Å²) in [7, 11) is -2.81. The van der Waals surface area contributed by atoms with Crippen molar-refractivity contribution in [1.29, 1.82) is 0 Å². The Morgan fingerprint density at radius 2 is 2.21 bits per heavy atom. The SMILES string of the molecule is CS(=O)(=O)CCCNC1=NCCCC1. The van der Waals surface area contributed by atoms with Gasteiger partial charge in [-0.1, -0.05) is 0 Å². The Hall–Kier alpha value is -0.580. The lowest BCUT2D eigenvalue weighted by Crippen LogP contribution is -2.27. The van der Waals surface area contributed by atoms with Crippen LogP contribution in [0.2, 0.25) is 0 Å². The molecule has 0 amide bonds. The van der Waals surface area contributed by atoms with Crippen LogP contribution in [0.3, 0.4) is 0 Å². The predicted octanol–water partition coefficient (Wildman–Crippen LogP) is 0.593. The monoisotopic (exact) mass is 218 g/mol. The Kier molecular flexibility index (Phi) is 4.38. The number of amidine groups is 1. The summed E-state index contributed by atoms with van der Waals surface area (Å²) < 4.78 is 21.6. The van der Waals surface area contributed by atoms with Gasteiger partial charge in [0.25, 0.3) is 0 Å². The van der Waals surface area contributed by atoms with Crippen molar-refractivity contribution >= 4 is 15.7 Å². The van der Waals surface area contributed by atoms with E-state index >= 15 is 0 Å². The lowest BCUT2D eigenvalue weighted by Gasteiger charge is -2.13. The minimum absolute atomic E-state index is 0.257. The summed E-state index contributed by atoms with van der Waals surface area (Å²) in [5, 5.41) is 3.18. The quantitative estimate of drug-likeness (QED) is 0.703. The molecule has 1 heterocycles. The van der Waals surface area contributed by atoms with Gasteiger partial charge in [0.05, 0.1) is 11.6 Å². The van der Waals surface area contributed by atoms with E-state index in [-0.39, 0.29) is 5.75 Å². The standard InChI is InChI=1S/C9H18N2O2S/c1-14(12,13)8-4-7-11-9-5-2-3-6-10-9/h2-8H2,1H3,(H,10,11). The maximum absolute atomic E-state index is 10.8. The topological polar surface area (TPSA) is 58.5 Å². The van der Waals surface area contributed by atoms with Crippen LogP contribution >= 0.6 is 0 Å². The Balaban J connectivity index is 2.12. The molecule has 0 aromatic heterocycles. The number of rotatable bonds is 4. The molecule has 0 fully saturated rings. The summed E-state index contributed by atoms with van der Waals surface area (Å²) in [6.45, 7) is 1.63. The van der Waals surface area contributed by atoms with Crippen molar-refractivity contribution < 1.29 is 8.42 Å². The number of nitrogens with one attached hydrogen (secondary N) is 1. The molecule has 1 aliphatic heterocycles. The van der Waals surface area contributed by atoms with Crippen LogP contribution < -0.4 is 5.32 Å². The summed E-state index contributed by atoms with van der Waals surface area (Å²) in [5.41, 5.74) is 0. The first-order chi connectivity index (χ1) is 6.58. The molecule has 4 nitrogen and oxygen atoms in total. The van der Waals surface area contributed by atoms with Gasteiger partial charge in [-0.2, -0.15) is 0 Å². The molecular weight excluding hydrogens is 200 g/mol. The van der Waals surface area contributed by atoms with E-state index in [9.17, 15) is 8.42 Å². The van der Waals surface area contributed by atoms with Crippen LogP contribution in [-0.2, 0) is 9.84 Å². The van der Waals surface area contributed by atoms with Crippen molar-refractivity contribution in [2.24, 2.45) is 4.99 Å². The van der Waals surface area contributed by atoms with E-state index < -0.39 is 9.84 Å². The Labute approximate surface area is 85.7 Å². The molecule has 0 radical (unpaired) electrons. The maximum atomic E-state index is 10.8. The molecular formula is C9H18N2O2S. The zero-order valence-corrected chi connectivity index (χ0v) is 9.44. The van der Waals surface area contributed by atoms with Crippen molar-refractivity contribution in [2.45, 2.75) is 25.7 Å². The Morgan fingerprint density at radius 3 is 2.79 bits per heavy atom. The van der Waals surface area contributed by atoms with Gasteiger partial charge < -0.3 is 5.32 Å². The third kappa shape index (κ3) is 5.21. The molecule has 5 heteroatoms. The number of sulfone groups is 1. The number of nitrogens with zero attached hydrogens (tertiary/aromatic N) is 1. The summed E-state index contributed by atoms with van der Waals surface area (Å²) >= 11 is 0. The first kappa shape index (κ1) is 11.5. The van der Waals surface area contributed by atoms with E-state index in [0.717, 1.165) is 18.8 Å². The molecule has 0 spiro atoms. The maximum Gasteiger partial charge on any atom is 0.147 e. The van der Waals surface area contributed by atoms with Crippen LogP contribution in [0.5, 0.6) is 0 Å². The number of hydrogen-bond donors (Lipinski definition) is 1. The van der Waals surface area contributed by atoms with Crippen molar-refractivity contribution in [2.75, 3.05) is 25.1 Å². The van der Waals surface area contributed by atoms with Crippen molar-refractivity contribution in [1.82, 2.24) is 5.32 Å². The van der Waals surface area contributed by atoms with E-state index in [2.05, 4.69) is 10.3 Å². The fraction of sp³-hybridized carbons (Fsp3) is 0.889. The lowest BCUT2D eigenvalue weighted by molar-refractivity contribution is 0.598. The fourth-order valence-corrected chi connectivity index (χ4v) is 2.08. The second-order valence-corrected chi connectivity index (χ2v) is 5.96. The van der Waals surface area contributed by atoms with Crippen molar-refractivity contribution in [3.8, 4) is 0 Å². The van der Waals surface area contributed by atoms with Crippen LogP contribution in [0.1, 0.15) is 25.7 Å². The fourth-order valence-electron chi connectivity index (χ4n) is 1.41. The molecule has 0 atom stereocenters. The molecule has 0 unspecified atom stereocenters. The van der Waals surface area contributed by atoms with Crippen LogP contribution in [-0.4, -0.2) is 39.4 Å². The smallest absolute Gasteiger partial charge is 0.147 e. The molecule has 1 rings (SSSR count). The average Bonchev–Trinajstić information content (AvgIpc) is 2.13. The molecule has 1 N–H and O–H groups in total. The van der Waals surface area contributed by atoms with E-state index in [0.29, 0.717) is 13.0 Å². The summed E-state index contributed by atoms with van der Waals surface area (Å²) in [5.74, 6) is 1.30. The Morgan fingerprint density at radius 1 is 1.43 bits per heavy atom. The second kappa shape index (κ2) is 5.34. The predicted molar refractivity (Wildman–Crippen MR) is 58.5 cm³/mol. The van der Waals surface area contributed by atoms with Gasteiger partial charge in [-0.3, -0.25) is 4.99 Å². The summed E-state index contributed by atoms with van der Waals surface area (Å²) in [6, 6.07) is 0. The third-order valence-corrected chi connectivity index (χ3v) is 3.18. The average molecular weight is 218 g/mol. The van der Waals surface area contributed by atoms with Gasteiger partial charge in [0.2, 0.25) is 0 Å². The second-order valence-electron chi connectivity index (χ2n) is 3.70. The van der Waals surface area contributed by atoms with Gasteiger partial charge in [0.1, 0.15) is 9.84 Å². The summed E-state index contributed by atoms with van der Waals surface area (Å²) in [4.78, 5) is 4.32.